The summed E-state index contributed by atoms with van der Waals surface area (Å²) in [5, 5.41) is 6.19. The molecule has 1 aromatic carbocycles. The average Bonchev–Trinajstić information content (AvgIpc) is 2.66. The van der Waals surface area contributed by atoms with Gasteiger partial charge in [0.25, 0.3) is 0 Å². The molecule has 0 aliphatic heterocycles. The maximum atomic E-state index is 12.3. The van der Waals surface area contributed by atoms with Gasteiger partial charge in [0.05, 0.1) is 4.90 Å². The molecule has 28 heavy (non-hydrogen) atoms. The van der Waals surface area contributed by atoms with Gasteiger partial charge in [-0.25, -0.2) is 28.1 Å². The highest BCUT2D eigenvalue weighted by Crippen LogP contribution is 2.15. The molecule has 10 heteroatoms. The molecule has 0 bridgehead atoms. The van der Waals surface area contributed by atoms with Crippen LogP contribution in [0, 0.1) is 10.5 Å². The van der Waals surface area contributed by atoms with E-state index in [0.29, 0.717) is 24.0 Å². The first-order valence-corrected chi connectivity index (χ1v) is 11.0. The second-order valence-corrected chi connectivity index (χ2v) is 8.92. The number of aryl methyl sites for hydroxylation is 1. The summed E-state index contributed by atoms with van der Waals surface area (Å²) in [5.41, 5.74) is 1.09. The van der Waals surface area contributed by atoms with E-state index >= 15 is 0 Å². The van der Waals surface area contributed by atoms with Crippen molar-refractivity contribution >= 4 is 50.1 Å². The molecule has 0 aliphatic rings. The standard InChI is InChI=1S/C18H19IN6O2S/c1-13-6-7-20-17(10-13)25-18-11-16(22-12-23-18)21-8-9-24-28(26,27)15-4-2-14(19)3-5-15/h2-7,10-12,24H,8-9H2,1H3,(H2,20,21,22,23,25). The number of pyridine rings is 1. The normalized spacial score (nSPS) is 11.2. The third kappa shape index (κ3) is 5.84. The van der Waals surface area contributed by atoms with Crippen molar-refractivity contribution in [1.82, 2.24) is 19.7 Å². The van der Waals surface area contributed by atoms with Crippen LogP contribution in [0.25, 0.3) is 0 Å². The van der Waals surface area contributed by atoms with E-state index in [0.717, 1.165) is 9.13 Å². The molecule has 0 fully saturated rings. The van der Waals surface area contributed by atoms with Crippen molar-refractivity contribution in [2.24, 2.45) is 0 Å². The maximum absolute atomic E-state index is 12.3. The summed E-state index contributed by atoms with van der Waals surface area (Å²) in [6.45, 7) is 2.58. The van der Waals surface area contributed by atoms with Crippen LogP contribution in [-0.4, -0.2) is 36.5 Å². The lowest BCUT2D eigenvalue weighted by Crippen LogP contribution is -2.29. The number of nitrogens with one attached hydrogen (secondary N) is 3. The molecule has 0 radical (unpaired) electrons. The maximum Gasteiger partial charge on any atom is 0.240 e. The second-order valence-electron chi connectivity index (χ2n) is 5.91. The molecule has 3 rings (SSSR count). The summed E-state index contributed by atoms with van der Waals surface area (Å²) in [5.74, 6) is 1.86. The zero-order valence-electron chi connectivity index (χ0n) is 15.1. The first kappa shape index (κ1) is 20.4. The minimum Gasteiger partial charge on any atom is -0.369 e. The highest BCUT2D eigenvalue weighted by atomic mass is 127. The van der Waals surface area contributed by atoms with E-state index in [1.54, 1.807) is 36.5 Å². The highest BCUT2D eigenvalue weighted by Gasteiger charge is 2.12. The molecular weight excluding hydrogens is 491 g/mol. The summed E-state index contributed by atoms with van der Waals surface area (Å²) in [6, 6.07) is 12.2. The Morgan fingerprint density at radius 2 is 1.64 bits per heavy atom. The van der Waals surface area contributed by atoms with Gasteiger partial charge in [0.2, 0.25) is 10.0 Å². The number of sulfonamides is 1. The molecule has 0 amide bonds. The summed E-state index contributed by atoms with van der Waals surface area (Å²) in [7, 11) is -3.53. The van der Waals surface area contributed by atoms with Gasteiger partial charge in [-0.15, -0.1) is 0 Å². The predicted octanol–water partition coefficient (Wildman–Crippen LogP) is 2.92. The number of hydrogen-bond donors (Lipinski definition) is 3. The van der Waals surface area contributed by atoms with Gasteiger partial charge in [0.1, 0.15) is 23.8 Å². The van der Waals surface area contributed by atoms with Gasteiger partial charge in [0.15, 0.2) is 0 Å². The molecule has 2 aromatic heterocycles. The van der Waals surface area contributed by atoms with Crippen LogP contribution in [0.4, 0.5) is 17.5 Å². The fourth-order valence-corrected chi connectivity index (χ4v) is 3.72. The molecule has 3 N–H and O–H groups in total. The monoisotopic (exact) mass is 510 g/mol. The van der Waals surface area contributed by atoms with Crippen molar-refractivity contribution in [3.05, 3.63) is 64.1 Å². The molecule has 146 valence electrons. The van der Waals surface area contributed by atoms with Gasteiger partial charge in [0, 0.05) is 28.9 Å². The zero-order valence-corrected chi connectivity index (χ0v) is 18.0. The van der Waals surface area contributed by atoms with Gasteiger partial charge in [-0.05, 0) is 71.5 Å². The number of benzene rings is 1. The molecule has 0 spiro atoms. The first-order chi connectivity index (χ1) is 13.4. The smallest absolute Gasteiger partial charge is 0.240 e. The van der Waals surface area contributed by atoms with E-state index in [2.05, 4.69) is 52.9 Å². The Hall–Kier alpha value is -2.31. The Labute approximate surface area is 177 Å². The van der Waals surface area contributed by atoms with Crippen LogP contribution in [0.15, 0.2) is 59.9 Å². The van der Waals surface area contributed by atoms with Gasteiger partial charge in [-0.2, -0.15) is 0 Å². The van der Waals surface area contributed by atoms with E-state index in [9.17, 15) is 8.42 Å². The average molecular weight is 510 g/mol. The fourth-order valence-electron chi connectivity index (χ4n) is 2.33. The molecule has 0 atom stereocenters. The Morgan fingerprint density at radius 1 is 0.929 bits per heavy atom. The molecule has 0 aliphatic carbocycles. The van der Waals surface area contributed by atoms with E-state index in [-0.39, 0.29) is 11.4 Å². The summed E-state index contributed by atoms with van der Waals surface area (Å²) >= 11 is 2.13. The highest BCUT2D eigenvalue weighted by molar-refractivity contribution is 14.1. The van der Waals surface area contributed by atoms with Crippen molar-refractivity contribution in [3.8, 4) is 0 Å². The number of nitrogens with zero attached hydrogens (tertiary/aromatic N) is 3. The summed E-state index contributed by atoms with van der Waals surface area (Å²) in [6.07, 6.45) is 3.15. The van der Waals surface area contributed by atoms with Crippen molar-refractivity contribution < 1.29 is 8.42 Å². The van der Waals surface area contributed by atoms with Crippen LogP contribution in [0.5, 0.6) is 0 Å². The minimum absolute atomic E-state index is 0.223. The fraction of sp³-hybridized carbons (Fsp3) is 0.167. The van der Waals surface area contributed by atoms with Crippen molar-refractivity contribution in [3.63, 3.8) is 0 Å². The number of anilines is 3. The van der Waals surface area contributed by atoms with Gasteiger partial charge < -0.3 is 10.6 Å². The Balaban J connectivity index is 1.53. The van der Waals surface area contributed by atoms with Crippen molar-refractivity contribution in [1.29, 1.82) is 0 Å². The van der Waals surface area contributed by atoms with Crippen molar-refractivity contribution in [2.45, 2.75) is 11.8 Å². The van der Waals surface area contributed by atoms with Crippen LogP contribution in [0.3, 0.4) is 0 Å². The molecular formula is C18H19IN6O2S. The lowest BCUT2D eigenvalue weighted by atomic mass is 10.3. The Bertz CT molecular complexity index is 1040. The van der Waals surface area contributed by atoms with Gasteiger partial charge in [-0.3, -0.25) is 0 Å². The largest absolute Gasteiger partial charge is 0.369 e. The predicted molar refractivity (Wildman–Crippen MR) is 117 cm³/mol. The Morgan fingerprint density at radius 3 is 2.39 bits per heavy atom. The number of rotatable bonds is 8. The summed E-state index contributed by atoms with van der Waals surface area (Å²) in [4.78, 5) is 12.8. The Kier molecular flexibility index (Phi) is 6.75. The molecule has 0 saturated carbocycles. The molecule has 3 aromatic rings. The number of hydrogen-bond acceptors (Lipinski definition) is 7. The number of halogens is 1. The molecule has 2 heterocycles. The van der Waals surface area contributed by atoms with E-state index in [1.807, 2.05) is 19.1 Å². The van der Waals surface area contributed by atoms with Crippen LogP contribution in [0.1, 0.15) is 5.56 Å². The van der Waals surface area contributed by atoms with E-state index in [1.165, 1.54) is 6.33 Å². The third-order valence-corrected chi connectivity index (χ3v) is 5.88. The van der Waals surface area contributed by atoms with Crippen LogP contribution in [0.2, 0.25) is 0 Å². The lowest BCUT2D eigenvalue weighted by Gasteiger charge is -2.10. The topological polar surface area (TPSA) is 109 Å². The van der Waals surface area contributed by atoms with Gasteiger partial charge in [-0.1, -0.05) is 0 Å². The minimum atomic E-state index is -3.53. The van der Waals surface area contributed by atoms with Gasteiger partial charge >= 0.3 is 0 Å². The molecule has 0 unspecified atom stereocenters. The van der Waals surface area contributed by atoms with Crippen molar-refractivity contribution in [2.75, 3.05) is 23.7 Å². The molecule has 8 nitrogen and oxygen atoms in total. The van der Waals surface area contributed by atoms with E-state index < -0.39 is 10.0 Å². The quantitative estimate of drug-likeness (QED) is 0.316. The number of aromatic nitrogens is 3. The van der Waals surface area contributed by atoms with Crippen LogP contribution < -0.4 is 15.4 Å². The first-order valence-electron chi connectivity index (χ1n) is 8.43. The molecule has 0 saturated heterocycles. The lowest BCUT2D eigenvalue weighted by molar-refractivity contribution is 0.583. The van der Waals surface area contributed by atoms with Crippen LogP contribution in [-0.2, 0) is 10.0 Å². The third-order valence-electron chi connectivity index (χ3n) is 3.69. The second kappa shape index (κ2) is 9.26. The summed E-state index contributed by atoms with van der Waals surface area (Å²) < 4.78 is 28.1. The zero-order chi connectivity index (χ0) is 20.0. The van der Waals surface area contributed by atoms with Crippen LogP contribution >= 0.6 is 22.6 Å². The van der Waals surface area contributed by atoms with E-state index in [4.69, 9.17) is 0 Å². The SMILES string of the molecule is Cc1ccnc(Nc2cc(NCCNS(=O)(=O)c3ccc(I)cc3)ncn2)c1.